The summed E-state index contributed by atoms with van der Waals surface area (Å²) in [5.74, 6) is 0.877. The van der Waals surface area contributed by atoms with Crippen LogP contribution in [0.25, 0.3) is 88.3 Å². The Morgan fingerprint density at radius 3 is 1.60 bits per heavy atom. The Morgan fingerprint density at radius 2 is 0.817 bits per heavy atom. The normalized spacial score (nSPS) is 11.3. The Balaban J connectivity index is 0.974. The summed E-state index contributed by atoms with van der Waals surface area (Å²) in [7, 11) is 0. The Bertz CT molecular complexity index is 3280. The molecule has 0 aliphatic carbocycles. The molecule has 0 unspecified atom stereocenters. The van der Waals surface area contributed by atoms with Crippen molar-refractivity contribution in [1.29, 1.82) is 0 Å². The van der Waals surface area contributed by atoms with Gasteiger partial charge in [-0.1, -0.05) is 182 Å². The van der Waals surface area contributed by atoms with Crippen LogP contribution in [-0.2, 0) is 0 Å². The van der Waals surface area contributed by atoms with Crippen LogP contribution in [-0.4, -0.2) is 0 Å². The van der Waals surface area contributed by atoms with Crippen LogP contribution in [0.2, 0.25) is 0 Å². The molecular weight excluding hydrogens is 727 g/mol. The van der Waals surface area contributed by atoms with Gasteiger partial charge in [0, 0.05) is 27.7 Å². The summed E-state index contributed by atoms with van der Waals surface area (Å²) in [6, 6.07) is 84.9. The number of anilines is 3. The first-order valence-electron chi connectivity index (χ1n) is 20.5. The SMILES string of the molecule is c1ccc(-c2ccccc2-c2ccccc2-c2ccc(N(c3ccc4cc(-c5cccc(-c6cc7ccccc7o6)c5)ccc4c3)c3cccc4ccccc34)cc2)cc1. The molecule has 0 saturated carbocycles. The summed E-state index contributed by atoms with van der Waals surface area (Å²) in [6.07, 6.45) is 0. The quantitative estimate of drug-likeness (QED) is 0.153. The van der Waals surface area contributed by atoms with E-state index < -0.39 is 0 Å². The fraction of sp³-hybridized carbons (Fsp3) is 0. The molecule has 0 aliphatic rings. The Labute approximate surface area is 349 Å². The van der Waals surface area contributed by atoms with Gasteiger partial charge in [0.15, 0.2) is 0 Å². The van der Waals surface area contributed by atoms with E-state index in [-0.39, 0.29) is 0 Å². The van der Waals surface area contributed by atoms with E-state index in [2.05, 4.69) is 223 Å². The lowest BCUT2D eigenvalue weighted by molar-refractivity contribution is 0.631. The van der Waals surface area contributed by atoms with Gasteiger partial charge in [0.25, 0.3) is 0 Å². The Hall–Kier alpha value is -7.94. The molecule has 0 spiro atoms. The van der Waals surface area contributed by atoms with E-state index in [4.69, 9.17) is 4.42 Å². The molecule has 282 valence electrons. The first-order chi connectivity index (χ1) is 29.7. The molecule has 2 heteroatoms. The highest BCUT2D eigenvalue weighted by atomic mass is 16.3. The Morgan fingerprint density at radius 1 is 0.283 bits per heavy atom. The smallest absolute Gasteiger partial charge is 0.135 e. The molecule has 0 saturated heterocycles. The number of para-hydroxylation sites is 1. The van der Waals surface area contributed by atoms with E-state index in [0.717, 1.165) is 44.9 Å². The molecule has 10 aromatic carbocycles. The summed E-state index contributed by atoms with van der Waals surface area (Å²) in [6.45, 7) is 0. The zero-order valence-electron chi connectivity index (χ0n) is 32.9. The van der Waals surface area contributed by atoms with Crippen molar-refractivity contribution in [3.8, 4) is 55.8 Å². The van der Waals surface area contributed by atoms with Gasteiger partial charge in [-0.2, -0.15) is 0 Å². The summed E-state index contributed by atoms with van der Waals surface area (Å²) >= 11 is 0. The number of rotatable bonds is 8. The average molecular weight is 766 g/mol. The van der Waals surface area contributed by atoms with Gasteiger partial charge in [-0.05, 0) is 115 Å². The molecule has 0 amide bonds. The maximum atomic E-state index is 6.22. The lowest BCUT2D eigenvalue weighted by Gasteiger charge is -2.27. The zero-order chi connectivity index (χ0) is 39.8. The first-order valence-corrected chi connectivity index (χ1v) is 20.5. The van der Waals surface area contributed by atoms with Gasteiger partial charge >= 0.3 is 0 Å². The van der Waals surface area contributed by atoms with Crippen LogP contribution in [0.5, 0.6) is 0 Å². The average Bonchev–Trinajstić information content (AvgIpc) is 3.77. The molecule has 0 aliphatic heterocycles. The zero-order valence-corrected chi connectivity index (χ0v) is 32.9. The minimum atomic E-state index is 0.877. The van der Waals surface area contributed by atoms with Crippen molar-refractivity contribution in [2.24, 2.45) is 0 Å². The molecule has 2 nitrogen and oxygen atoms in total. The molecule has 0 fully saturated rings. The van der Waals surface area contributed by atoms with Gasteiger partial charge in [-0.25, -0.2) is 0 Å². The maximum absolute atomic E-state index is 6.22. The number of hydrogen-bond acceptors (Lipinski definition) is 2. The molecule has 0 bridgehead atoms. The van der Waals surface area contributed by atoms with Crippen molar-refractivity contribution in [2.75, 3.05) is 4.90 Å². The van der Waals surface area contributed by atoms with Crippen LogP contribution in [0.15, 0.2) is 241 Å². The van der Waals surface area contributed by atoms with Crippen LogP contribution in [0.4, 0.5) is 17.1 Å². The lowest BCUT2D eigenvalue weighted by atomic mass is 9.89. The summed E-state index contributed by atoms with van der Waals surface area (Å²) in [5, 5.41) is 5.88. The highest BCUT2D eigenvalue weighted by molar-refractivity contribution is 6.01. The molecule has 11 aromatic rings. The molecule has 11 rings (SSSR count). The third kappa shape index (κ3) is 6.51. The standard InChI is InChI=1S/C58H39NO/c1-2-14-40(15-3-1)51-21-7-9-24-54(51)55-25-10-8-22-52(55)42-30-33-49(34-31-42)59(56-26-13-18-41-16-4-6-23-53(41)56)50-35-32-45-36-44(28-29-46(45)38-50)43-19-12-20-47(37-43)58-39-48-17-5-11-27-57(48)60-58/h1-39H. The molecule has 0 radical (unpaired) electrons. The van der Waals surface area contributed by atoms with Gasteiger partial charge in [0.05, 0.1) is 5.69 Å². The van der Waals surface area contributed by atoms with Crippen LogP contribution >= 0.6 is 0 Å². The third-order valence-electron chi connectivity index (χ3n) is 11.7. The van der Waals surface area contributed by atoms with Crippen molar-refractivity contribution < 1.29 is 4.42 Å². The maximum Gasteiger partial charge on any atom is 0.135 e. The second-order valence-corrected chi connectivity index (χ2v) is 15.3. The molecule has 60 heavy (non-hydrogen) atoms. The van der Waals surface area contributed by atoms with Crippen LogP contribution in [0.1, 0.15) is 0 Å². The van der Waals surface area contributed by atoms with Gasteiger partial charge in [-0.15, -0.1) is 0 Å². The van der Waals surface area contributed by atoms with Gasteiger partial charge in [0.1, 0.15) is 11.3 Å². The molecule has 0 atom stereocenters. The van der Waals surface area contributed by atoms with E-state index in [0.29, 0.717) is 0 Å². The summed E-state index contributed by atoms with van der Waals surface area (Å²) in [4.78, 5) is 2.40. The lowest BCUT2D eigenvalue weighted by Crippen LogP contribution is -2.10. The van der Waals surface area contributed by atoms with E-state index in [1.54, 1.807) is 0 Å². The van der Waals surface area contributed by atoms with Crippen LogP contribution in [0.3, 0.4) is 0 Å². The van der Waals surface area contributed by atoms with E-state index >= 15 is 0 Å². The Kier molecular flexibility index (Phi) is 8.87. The number of fused-ring (bicyclic) bond motifs is 3. The highest BCUT2D eigenvalue weighted by Crippen LogP contribution is 2.43. The summed E-state index contributed by atoms with van der Waals surface area (Å²) in [5.41, 5.74) is 14.9. The topological polar surface area (TPSA) is 16.4 Å². The van der Waals surface area contributed by atoms with Crippen molar-refractivity contribution in [2.45, 2.75) is 0 Å². The molecule has 1 heterocycles. The molecular formula is C58H39NO. The fourth-order valence-electron chi connectivity index (χ4n) is 8.71. The minimum Gasteiger partial charge on any atom is -0.456 e. The second-order valence-electron chi connectivity index (χ2n) is 15.3. The number of nitrogens with zero attached hydrogens (tertiary/aromatic N) is 1. The highest BCUT2D eigenvalue weighted by Gasteiger charge is 2.18. The summed E-state index contributed by atoms with van der Waals surface area (Å²) < 4.78 is 6.22. The largest absolute Gasteiger partial charge is 0.456 e. The number of benzene rings is 10. The number of hydrogen-bond donors (Lipinski definition) is 0. The van der Waals surface area contributed by atoms with E-state index in [1.165, 1.54) is 60.5 Å². The number of furan rings is 1. The first kappa shape index (κ1) is 35.2. The van der Waals surface area contributed by atoms with Crippen LogP contribution < -0.4 is 4.90 Å². The van der Waals surface area contributed by atoms with Gasteiger partial charge in [0.2, 0.25) is 0 Å². The van der Waals surface area contributed by atoms with Gasteiger partial charge < -0.3 is 9.32 Å². The molecule has 1 aromatic heterocycles. The monoisotopic (exact) mass is 765 g/mol. The van der Waals surface area contributed by atoms with Crippen molar-refractivity contribution in [3.63, 3.8) is 0 Å². The van der Waals surface area contributed by atoms with E-state index in [9.17, 15) is 0 Å². The minimum absolute atomic E-state index is 0.877. The van der Waals surface area contributed by atoms with Crippen molar-refractivity contribution in [1.82, 2.24) is 0 Å². The molecule has 0 N–H and O–H groups in total. The predicted molar refractivity (Wildman–Crippen MR) is 253 cm³/mol. The van der Waals surface area contributed by atoms with Crippen molar-refractivity contribution >= 4 is 49.6 Å². The van der Waals surface area contributed by atoms with Crippen molar-refractivity contribution in [3.05, 3.63) is 237 Å². The van der Waals surface area contributed by atoms with E-state index in [1.807, 2.05) is 18.2 Å². The third-order valence-corrected chi connectivity index (χ3v) is 11.7. The van der Waals surface area contributed by atoms with Crippen LogP contribution in [0, 0.1) is 0 Å². The second kappa shape index (κ2) is 15.1. The predicted octanol–water partition coefficient (Wildman–Crippen LogP) is 16.5. The fourth-order valence-corrected chi connectivity index (χ4v) is 8.71. The van der Waals surface area contributed by atoms with Gasteiger partial charge in [-0.3, -0.25) is 0 Å².